The monoisotopic (exact) mass is 1390 g/mol. The lowest BCUT2D eigenvalue weighted by molar-refractivity contribution is -0.145. The molecule has 3 aromatic carbocycles. The Labute approximate surface area is 574 Å². The van der Waals surface area contributed by atoms with Crippen molar-refractivity contribution in [2.45, 2.75) is 145 Å². The summed E-state index contributed by atoms with van der Waals surface area (Å²) < 4.78 is 0. The number of aromatic nitrogens is 1. The third-order valence-electron chi connectivity index (χ3n) is 16.1. The van der Waals surface area contributed by atoms with Gasteiger partial charge in [-0.25, -0.2) is 10.6 Å². The van der Waals surface area contributed by atoms with Crippen molar-refractivity contribution >= 4 is 99.5 Å². The number of fused-ring (bicyclic) bond motifs is 1. The van der Waals surface area contributed by atoms with E-state index in [-0.39, 0.29) is 68.9 Å². The first-order valence-electron chi connectivity index (χ1n) is 32.3. The van der Waals surface area contributed by atoms with Crippen LogP contribution in [0.1, 0.15) is 82.4 Å². The van der Waals surface area contributed by atoms with E-state index in [1.807, 2.05) is 35.8 Å². The third kappa shape index (κ3) is 24.3. The summed E-state index contributed by atoms with van der Waals surface area (Å²) in [7, 11) is 0. The van der Waals surface area contributed by atoms with Crippen molar-refractivity contribution in [2.24, 2.45) is 34.0 Å². The van der Waals surface area contributed by atoms with Crippen molar-refractivity contribution in [3.63, 3.8) is 0 Å². The average molecular weight is 1390 g/mol. The standard InChI is InChI=1S/C65H87N19O16/c1-34(2)23-43(55(90)75-42(12-7-21-71-65(67)68)63(98)84-22-8-13-51(84)62(97)81-49(30-66)64(99)100)76-61(96)50-32-72-54(89)33-73-52(87)28-47(79-56(91)44(74-35(3)85)26-37-14-17-39-10-4-5-11-40(39)24-37)59(94)78-46(27-38-9-6-20-70-31-38)57(92)80-48(29-53(88)83-69)60(95)77-45(58(93)82-50)25-36-15-18-41(86)19-16-36/h4-6,9-11,14-20,24,31,34,42-51,86H,7-8,12-13,21-23,25-30,32-33,66,69H2,1-3H3,(H,72,89)(H,73,87)(H,74,85)(H,75,90)(H,76,96)(H,77,95)(H,78,94)(H,79,91)(H,80,92)(H,81,97)(H,82,93)(H,83,88)(H,99,100)(H4,67,68,71)/t42-,43-,44+,45-,46+,47+,48-,49-,50+,51-/m0/s1. The van der Waals surface area contributed by atoms with E-state index in [1.54, 1.807) is 32.0 Å². The Bertz CT molecular complexity index is 3650. The van der Waals surface area contributed by atoms with Crippen LogP contribution in [0.15, 0.2) is 96.2 Å². The number of carboxylic acids is 1. The molecule has 2 aliphatic heterocycles. The minimum atomic E-state index is -1.94. The van der Waals surface area contributed by atoms with Crippen LogP contribution in [0, 0.1) is 5.92 Å². The molecular formula is C65H87N19O16. The Kier molecular flexibility index (Phi) is 29.5. The third-order valence-corrected chi connectivity index (χ3v) is 16.1. The van der Waals surface area contributed by atoms with Gasteiger partial charge in [-0.05, 0) is 83.7 Å². The van der Waals surface area contributed by atoms with E-state index >= 15 is 0 Å². The zero-order valence-electron chi connectivity index (χ0n) is 55.4. The Balaban J connectivity index is 1.37. The van der Waals surface area contributed by atoms with E-state index in [4.69, 9.17) is 23.0 Å². The number of phenols is 1. The SMILES string of the molecule is CC(=O)N[C@H](Cc1ccc2ccccc2c1)C(=O)N[C@@H]1CC(=O)NCC(=O)NC[C@H](C(=O)N[C@@H](CC(C)C)C(=O)N[C@@H](CCCN=C(N)N)C(=O)N2CCC[C@H]2C(=O)N[C@@H](CN)C(=O)O)NC(=O)[C@H](Cc2ccc(O)cc2)NC(=O)[C@H](CC(=O)NN)NC(=O)[C@@H](Cc2cccnc2)NC1=O. The highest BCUT2D eigenvalue weighted by Crippen LogP contribution is 2.22. The lowest BCUT2D eigenvalue weighted by atomic mass is 10.0. The number of carboxylic acid groups (broad SMARTS) is 1. The van der Waals surface area contributed by atoms with Gasteiger partial charge < -0.3 is 90.8 Å². The van der Waals surface area contributed by atoms with Gasteiger partial charge in [-0.1, -0.05) is 74.5 Å². The molecule has 1 aromatic heterocycles. The number of aliphatic imine (C=N–C) groups is 1. The molecule has 0 radical (unpaired) electrons. The van der Waals surface area contributed by atoms with E-state index in [0.717, 1.165) is 17.7 Å². The molecular weight excluding hydrogens is 1300 g/mol. The molecule has 2 saturated heterocycles. The number of carbonyl (C=O) groups excluding carboxylic acids is 13. The van der Waals surface area contributed by atoms with Crippen LogP contribution in [0.25, 0.3) is 10.8 Å². The van der Waals surface area contributed by atoms with Gasteiger partial charge in [0.15, 0.2) is 5.96 Å². The van der Waals surface area contributed by atoms with Gasteiger partial charge in [0.05, 0.1) is 19.4 Å². The quantitative estimate of drug-likeness (QED) is 0.00696. The van der Waals surface area contributed by atoms with Crippen LogP contribution in [0.4, 0.5) is 0 Å². The molecule has 3 heterocycles. The number of phenolic OH excluding ortho intramolecular Hbond substituents is 1. The number of pyridine rings is 1. The summed E-state index contributed by atoms with van der Waals surface area (Å²) in [6, 6.07) is 4.86. The number of hydrogen-bond acceptors (Lipinski definition) is 19. The normalized spacial score (nSPS) is 20.0. The predicted octanol–water partition coefficient (Wildman–Crippen LogP) is -5.50. The summed E-state index contributed by atoms with van der Waals surface area (Å²) in [5.41, 5.74) is 19.8. The van der Waals surface area contributed by atoms with Gasteiger partial charge in [-0.15, -0.1) is 0 Å². The van der Waals surface area contributed by atoms with Crippen molar-refractivity contribution in [1.29, 1.82) is 0 Å². The van der Waals surface area contributed by atoms with Crippen LogP contribution >= 0.6 is 0 Å². The number of guanidine groups is 1. The van der Waals surface area contributed by atoms with Crippen molar-refractivity contribution in [1.82, 2.24) is 73.8 Å². The zero-order valence-corrected chi connectivity index (χ0v) is 55.4. The van der Waals surface area contributed by atoms with Gasteiger partial charge >= 0.3 is 5.97 Å². The number of benzene rings is 3. The van der Waals surface area contributed by atoms with Crippen molar-refractivity contribution in [3.8, 4) is 5.75 Å². The summed E-state index contributed by atoms with van der Waals surface area (Å²) in [4.78, 5) is 206. The number of hydrogen-bond donors (Lipinski definition) is 18. The fourth-order valence-corrected chi connectivity index (χ4v) is 11.0. The molecule has 0 bridgehead atoms. The second-order valence-electron chi connectivity index (χ2n) is 24.5. The Morgan fingerprint density at radius 1 is 0.700 bits per heavy atom. The molecule has 0 unspecified atom stereocenters. The first kappa shape index (κ1) is 77.6. The maximum Gasteiger partial charge on any atom is 0.327 e. The van der Waals surface area contributed by atoms with Gasteiger partial charge in [0.25, 0.3) is 0 Å². The topological polar surface area (TPSA) is 556 Å². The molecule has 538 valence electrons. The van der Waals surface area contributed by atoms with E-state index in [9.17, 15) is 77.3 Å². The number of rotatable bonds is 26. The molecule has 13 amide bonds. The fourth-order valence-electron chi connectivity index (χ4n) is 11.0. The molecule has 35 heteroatoms. The number of likely N-dealkylation sites (tertiary alicyclic amines) is 1. The lowest BCUT2D eigenvalue weighted by Crippen LogP contribution is -2.63. The number of nitrogens with one attached hydrogen (secondary N) is 12. The van der Waals surface area contributed by atoms with E-state index in [0.29, 0.717) is 17.5 Å². The molecule has 0 saturated carbocycles. The van der Waals surface area contributed by atoms with Crippen molar-refractivity contribution in [2.75, 3.05) is 32.7 Å². The van der Waals surface area contributed by atoms with Crippen molar-refractivity contribution < 1.29 is 77.3 Å². The molecule has 6 rings (SSSR count). The summed E-state index contributed by atoms with van der Waals surface area (Å²) in [6.45, 7) is 2.39. The van der Waals surface area contributed by atoms with Crippen molar-refractivity contribution in [3.05, 3.63) is 108 Å². The second-order valence-corrected chi connectivity index (χ2v) is 24.5. The predicted molar refractivity (Wildman–Crippen MR) is 359 cm³/mol. The van der Waals surface area contributed by atoms with Gasteiger partial charge in [-0.2, -0.15) is 0 Å². The molecule has 100 heavy (non-hydrogen) atoms. The molecule has 10 atom stereocenters. The Hall–Kier alpha value is -11.4. The first-order chi connectivity index (χ1) is 47.6. The van der Waals surface area contributed by atoms with Crippen LogP contribution in [0.5, 0.6) is 5.75 Å². The highest BCUT2D eigenvalue weighted by molar-refractivity contribution is 6.01. The number of nitrogens with two attached hydrogens (primary N) is 4. The van der Waals surface area contributed by atoms with Gasteiger partial charge in [0.2, 0.25) is 76.8 Å². The van der Waals surface area contributed by atoms with E-state index in [1.165, 1.54) is 47.6 Å². The zero-order chi connectivity index (χ0) is 73.2. The minimum absolute atomic E-state index is 0.0172. The average Bonchev–Trinajstić information content (AvgIpc) is 1.52. The number of aliphatic carboxylic acids is 1. The smallest absolute Gasteiger partial charge is 0.327 e. The van der Waals surface area contributed by atoms with Crippen LogP contribution < -0.4 is 87.0 Å². The Morgan fingerprint density at radius 2 is 1.35 bits per heavy atom. The van der Waals surface area contributed by atoms with Gasteiger partial charge in [-0.3, -0.25) is 77.7 Å². The van der Waals surface area contributed by atoms with Crippen LogP contribution in [-0.4, -0.2) is 202 Å². The van der Waals surface area contributed by atoms with Crippen LogP contribution in [0.3, 0.4) is 0 Å². The molecule has 22 N–H and O–H groups in total. The fraction of sp³-hybridized carbons (Fsp3) is 0.446. The number of aromatic hydroxyl groups is 1. The molecule has 2 aliphatic rings. The maximum absolute atomic E-state index is 14.9. The highest BCUT2D eigenvalue weighted by Gasteiger charge is 2.41. The van der Waals surface area contributed by atoms with Crippen LogP contribution in [-0.2, 0) is 86.4 Å². The summed E-state index contributed by atoms with van der Waals surface area (Å²) in [6.07, 6.45) is 0.246. The number of carbonyl (C=O) groups is 14. The molecule has 35 nitrogen and oxygen atoms in total. The first-order valence-corrected chi connectivity index (χ1v) is 32.3. The number of nitrogens with zero attached hydrogens (tertiary/aromatic N) is 3. The molecule has 2 fully saturated rings. The van der Waals surface area contributed by atoms with Gasteiger partial charge in [0.1, 0.15) is 66.2 Å². The van der Waals surface area contributed by atoms with Gasteiger partial charge in [0, 0.05) is 64.8 Å². The number of amides is 13. The maximum atomic E-state index is 14.9. The largest absolute Gasteiger partial charge is 0.508 e. The molecule has 0 aliphatic carbocycles. The summed E-state index contributed by atoms with van der Waals surface area (Å²) >= 11 is 0. The lowest BCUT2D eigenvalue weighted by Gasteiger charge is -2.31. The minimum Gasteiger partial charge on any atom is -0.508 e. The van der Waals surface area contributed by atoms with Crippen LogP contribution in [0.2, 0.25) is 0 Å². The Morgan fingerprint density at radius 3 is 2.00 bits per heavy atom. The second kappa shape index (κ2) is 38.0. The van der Waals surface area contributed by atoms with E-state index in [2.05, 4.69) is 68.5 Å². The highest BCUT2D eigenvalue weighted by atomic mass is 16.4. The molecule has 4 aromatic rings. The summed E-state index contributed by atoms with van der Waals surface area (Å²) in [5.74, 6) is -9.83. The number of hydrazine groups is 1. The summed E-state index contributed by atoms with van der Waals surface area (Å²) in [5, 5.41) is 48.9. The molecule has 0 spiro atoms. The van der Waals surface area contributed by atoms with E-state index < -0.39 is 188 Å².